The number of hydrogen-bond acceptors (Lipinski definition) is 5. The number of nitriles is 1. The summed E-state index contributed by atoms with van der Waals surface area (Å²) in [7, 11) is 0. The smallest absolute Gasteiger partial charge is 0.269 e. The number of H-pyrrole nitrogens is 1. The van der Waals surface area contributed by atoms with Gasteiger partial charge in [-0.15, -0.1) is 5.10 Å². The van der Waals surface area contributed by atoms with E-state index < -0.39 is 0 Å². The lowest BCUT2D eigenvalue weighted by Crippen LogP contribution is -2.23. The first kappa shape index (κ1) is 12.1. The molecule has 16 heavy (non-hydrogen) atoms. The molecular formula is C9H14N6O. The highest BCUT2D eigenvalue weighted by molar-refractivity contribution is 5.90. The van der Waals surface area contributed by atoms with Crippen molar-refractivity contribution >= 4 is 11.9 Å². The zero-order valence-corrected chi connectivity index (χ0v) is 9.27. The van der Waals surface area contributed by atoms with Crippen LogP contribution >= 0.6 is 0 Å². The minimum atomic E-state index is -0.247. The van der Waals surface area contributed by atoms with Gasteiger partial charge in [0.05, 0.1) is 6.07 Å². The predicted octanol–water partition coefficient (Wildman–Crippen LogP) is 0.714. The Kier molecular flexibility index (Phi) is 4.39. The van der Waals surface area contributed by atoms with Gasteiger partial charge in [-0.1, -0.05) is 18.9 Å². The lowest BCUT2D eigenvalue weighted by molar-refractivity contribution is -0.119. The standard InChI is InChI=1S/C9H14N6O/c1-3-7(5-10)4-6(2)8(16)11-9-12-14-15-13-9/h6-7H,3-4H2,1-2H3,(H2,11,12,13,14,15,16). The topological polar surface area (TPSA) is 107 Å². The van der Waals surface area contributed by atoms with Gasteiger partial charge in [0, 0.05) is 11.8 Å². The number of rotatable bonds is 5. The number of nitrogens with one attached hydrogen (secondary N) is 2. The first-order valence-electron chi connectivity index (χ1n) is 5.11. The number of tetrazole rings is 1. The summed E-state index contributed by atoms with van der Waals surface area (Å²) in [5.74, 6) is -0.383. The average Bonchev–Trinajstić information content (AvgIpc) is 2.78. The van der Waals surface area contributed by atoms with Crippen LogP contribution < -0.4 is 5.32 Å². The second kappa shape index (κ2) is 5.80. The van der Waals surface area contributed by atoms with Crippen LogP contribution in [0.25, 0.3) is 0 Å². The molecule has 0 aliphatic carbocycles. The fraction of sp³-hybridized carbons (Fsp3) is 0.667. The molecule has 0 aliphatic rings. The Morgan fingerprint density at radius 1 is 1.69 bits per heavy atom. The second-order valence-corrected chi connectivity index (χ2v) is 3.60. The number of hydrogen-bond donors (Lipinski definition) is 2. The Bertz CT molecular complexity index is 368. The molecule has 1 rings (SSSR count). The van der Waals surface area contributed by atoms with E-state index in [9.17, 15) is 4.79 Å². The molecule has 1 aromatic heterocycles. The van der Waals surface area contributed by atoms with E-state index in [-0.39, 0.29) is 23.7 Å². The molecule has 2 N–H and O–H groups in total. The van der Waals surface area contributed by atoms with E-state index in [0.717, 1.165) is 6.42 Å². The molecule has 0 aromatic carbocycles. The zero-order valence-electron chi connectivity index (χ0n) is 9.27. The van der Waals surface area contributed by atoms with Crippen molar-refractivity contribution in [3.8, 4) is 6.07 Å². The number of carbonyl (C=O) groups excluding carboxylic acids is 1. The molecule has 0 aliphatic heterocycles. The number of aromatic amines is 1. The van der Waals surface area contributed by atoms with Gasteiger partial charge in [-0.25, -0.2) is 0 Å². The quantitative estimate of drug-likeness (QED) is 0.763. The summed E-state index contributed by atoms with van der Waals surface area (Å²) in [5.41, 5.74) is 0. The Hall–Kier alpha value is -1.97. The van der Waals surface area contributed by atoms with E-state index in [4.69, 9.17) is 5.26 Å². The van der Waals surface area contributed by atoms with Gasteiger partial charge in [-0.3, -0.25) is 10.1 Å². The maximum atomic E-state index is 11.6. The lowest BCUT2D eigenvalue weighted by Gasteiger charge is -2.12. The van der Waals surface area contributed by atoms with Gasteiger partial charge < -0.3 is 0 Å². The summed E-state index contributed by atoms with van der Waals surface area (Å²) in [6, 6.07) is 2.17. The highest BCUT2D eigenvalue weighted by Gasteiger charge is 2.18. The maximum Gasteiger partial charge on any atom is 0.269 e. The highest BCUT2D eigenvalue weighted by Crippen LogP contribution is 2.15. The van der Waals surface area contributed by atoms with Crippen molar-refractivity contribution in [2.75, 3.05) is 5.32 Å². The van der Waals surface area contributed by atoms with Crippen molar-refractivity contribution in [2.24, 2.45) is 11.8 Å². The molecule has 2 unspecified atom stereocenters. The third kappa shape index (κ3) is 3.31. The van der Waals surface area contributed by atoms with E-state index in [1.165, 1.54) is 0 Å². The summed E-state index contributed by atoms with van der Waals surface area (Å²) >= 11 is 0. The molecule has 2 atom stereocenters. The first-order chi connectivity index (χ1) is 7.67. The van der Waals surface area contributed by atoms with Crippen molar-refractivity contribution in [3.05, 3.63) is 0 Å². The van der Waals surface area contributed by atoms with E-state index in [1.807, 2.05) is 6.92 Å². The molecule has 1 aromatic rings. The molecule has 1 amide bonds. The van der Waals surface area contributed by atoms with Crippen LogP contribution in [-0.4, -0.2) is 26.5 Å². The van der Waals surface area contributed by atoms with Crippen LogP contribution in [0.5, 0.6) is 0 Å². The predicted molar refractivity (Wildman–Crippen MR) is 56.0 cm³/mol. The van der Waals surface area contributed by atoms with Gasteiger partial charge in [0.25, 0.3) is 5.95 Å². The van der Waals surface area contributed by atoms with Crippen LogP contribution in [0.3, 0.4) is 0 Å². The minimum Gasteiger partial charge on any atom is -0.292 e. The molecule has 1 heterocycles. The molecule has 7 heteroatoms. The maximum absolute atomic E-state index is 11.6. The van der Waals surface area contributed by atoms with Crippen molar-refractivity contribution in [3.63, 3.8) is 0 Å². The van der Waals surface area contributed by atoms with Gasteiger partial charge in [-0.2, -0.15) is 10.5 Å². The van der Waals surface area contributed by atoms with E-state index in [0.29, 0.717) is 6.42 Å². The number of carbonyl (C=O) groups is 1. The van der Waals surface area contributed by atoms with Crippen molar-refractivity contribution in [1.29, 1.82) is 5.26 Å². The average molecular weight is 222 g/mol. The minimum absolute atomic E-state index is 0.0916. The normalized spacial score (nSPS) is 13.8. The van der Waals surface area contributed by atoms with Gasteiger partial charge >= 0.3 is 0 Å². The molecule has 0 spiro atoms. The van der Waals surface area contributed by atoms with E-state index >= 15 is 0 Å². The SMILES string of the molecule is CCC(C#N)CC(C)C(=O)Nc1nn[nH]n1. The van der Waals surface area contributed by atoms with Crippen molar-refractivity contribution in [2.45, 2.75) is 26.7 Å². The Balaban J connectivity index is 2.45. The zero-order chi connectivity index (χ0) is 12.0. The van der Waals surface area contributed by atoms with Crippen molar-refractivity contribution in [1.82, 2.24) is 20.6 Å². The number of amides is 1. The lowest BCUT2D eigenvalue weighted by atomic mass is 9.94. The summed E-state index contributed by atoms with van der Waals surface area (Å²) in [6.45, 7) is 3.70. The number of anilines is 1. The second-order valence-electron chi connectivity index (χ2n) is 3.60. The largest absolute Gasteiger partial charge is 0.292 e. The highest BCUT2D eigenvalue weighted by atomic mass is 16.2. The van der Waals surface area contributed by atoms with Crippen LogP contribution in [0.1, 0.15) is 26.7 Å². The third-order valence-corrected chi connectivity index (χ3v) is 2.34. The Morgan fingerprint density at radius 3 is 2.94 bits per heavy atom. The van der Waals surface area contributed by atoms with Crippen LogP contribution in [0.2, 0.25) is 0 Å². The van der Waals surface area contributed by atoms with Crippen molar-refractivity contribution < 1.29 is 4.79 Å². The molecule has 0 saturated carbocycles. The van der Waals surface area contributed by atoms with Crippen LogP contribution in [0.15, 0.2) is 0 Å². The van der Waals surface area contributed by atoms with Crippen LogP contribution in [0.4, 0.5) is 5.95 Å². The third-order valence-electron chi connectivity index (χ3n) is 2.34. The summed E-state index contributed by atoms with van der Waals surface area (Å²) in [4.78, 5) is 11.6. The van der Waals surface area contributed by atoms with E-state index in [1.54, 1.807) is 6.92 Å². The molecule has 7 nitrogen and oxygen atoms in total. The number of aromatic nitrogens is 4. The van der Waals surface area contributed by atoms with Gasteiger partial charge in [0.2, 0.25) is 5.91 Å². The summed E-state index contributed by atoms with van der Waals surface area (Å²) < 4.78 is 0. The van der Waals surface area contributed by atoms with Gasteiger partial charge in [-0.05, 0) is 18.1 Å². The van der Waals surface area contributed by atoms with Crippen LogP contribution in [0, 0.1) is 23.2 Å². The molecule has 0 radical (unpaired) electrons. The summed E-state index contributed by atoms with van der Waals surface area (Å²) in [6.07, 6.45) is 1.28. The van der Waals surface area contributed by atoms with Crippen LogP contribution in [-0.2, 0) is 4.79 Å². The molecule has 86 valence electrons. The fourth-order valence-corrected chi connectivity index (χ4v) is 1.29. The Labute approximate surface area is 93.2 Å². The first-order valence-corrected chi connectivity index (χ1v) is 5.11. The van der Waals surface area contributed by atoms with Gasteiger partial charge in [0.15, 0.2) is 0 Å². The van der Waals surface area contributed by atoms with Gasteiger partial charge in [0.1, 0.15) is 0 Å². The molecule has 0 bridgehead atoms. The monoisotopic (exact) mass is 222 g/mol. The molecule has 0 saturated heterocycles. The Morgan fingerprint density at radius 2 is 2.44 bits per heavy atom. The molecule has 0 fully saturated rings. The van der Waals surface area contributed by atoms with E-state index in [2.05, 4.69) is 32.0 Å². The fourth-order valence-electron chi connectivity index (χ4n) is 1.29. The molecular weight excluding hydrogens is 208 g/mol. The number of nitrogens with zero attached hydrogens (tertiary/aromatic N) is 4. The summed E-state index contributed by atoms with van der Waals surface area (Å²) in [5, 5.41) is 24.1.